The SMILES string of the molecule is COc1ccc(OCCNC(=O)c2ccccc2Cc2ccccc2)cc1. The summed E-state index contributed by atoms with van der Waals surface area (Å²) in [4.78, 5) is 12.6. The van der Waals surface area contributed by atoms with Crippen molar-refractivity contribution < 1.29 is 14.3 Å². The van der Waals surface area contributed by atoms with E-state index in [0.29, 0.717) is 18.7 Å². The molecule has 1 N–H and O–H groups in total. The molecule has 0 fully saturated rings. The maximum Gasteiger partial charge on any atom is 0.251 e. The fourth-order valence-electron chi connectivity index (χ4n) is 2.81. The standard InChI is InChI=1S/C23H23NO3/c1-26-20-11-13-21(14-12-20)27-16-15-24-23(25)22-10-6-5-9-19(22)17-18-7-3-2-4-8-18/h2-14H,15-17H2,1H3,(H,24,25). The topological polar surface area (TPSA) is 47.6 Å². The van der Waals surface area contributed by atoms with Crippen molar-refractivity contribution in [2.24, 2.45) is 0 Å². The molecule has 0 aliphatic rings. The number of hydrogen-bond donors (Lipinski definition) is 1. The maximum atomic E-state index is 12.6. The van der Waals surface area contributed by atoms with Crippen LogP contribution in [0.1, 0.15) is 21.5 Å². The zero-order valence-electron chi connectivity index (χ0n) is 15.4. The number of benzene rings is 3. The molecule has 0 spiro atoms. The minimum atomic E-state index is -0.0835. The first-order chi connectivity index (χ1) is 13.3. The van der Waals surface area contributed by atoms with Crippen LogP contribution >= 0.6 is 0 Å². The minimum Gasteiger partial charge on any atom is -0.497 e. The predicted molar refractivity (Wildman–Crippen MR) is 107 cm³/mol. The zero-order chi connectivity index (χ0) is 18.9. The molecule has 0 atom stereocenters. The molecule has 3 rings (SSSR count). The van der Waals surface area contributed by atoms with Gasteiger partial charge in [-0.05, 0) is 47.9 Å². The summed E-state index contributed by atoms with van der Waals surface area (Å²) in [5, 5.41) is 2.93. The number of nitrogens with one attached hydrogen (secondary N) is 1. The van der Waals surface area contributed by atoms with Crippen molar-refractivity contribution in [2.45, 2.75) is 6.42 Å². The normalized spacial score (nSPS) is 10.3. The third-order valence-electron chi connectivity index (χ3n) is 4.22. The van der Waals surface area contributed by atoms with Crippen LogP contribution < -0.4 is 14.8 Å². The number of amides is 1. The van der Waals surface area contributed by atoms with Crippen molar-refractivity contribution in [3.05, 3.63) is 95.6 Å². The van der Waals surface area contributed by atoms with Gasteiger partial charge in [0.2, 0.25) is 0 Å². The second kappa shape index (κ2) is 9.43. The number of methoxy groups -OCH3 is 1. The zero-order valence-corrected chi connectivity index (χ0v) is 15.4. The highest BCUT2D eigenvalue weighted by atomic mass is 16.5. The molecule has 27 heavy (non-hydrogen) atoms. The molecule has 3 aromatic carbocycles. The molecule has 0 aromatic heterocycles. The molecule has 0 saturated carbocycles. The quantitative estimate of drug-likeness (QED) is 0.615. The Bertz CT molecular complexity index is 860. The van der Waals surface area contributed by atoms with Crippen molar-refractivity contribution in [2.75, 3.05) is 20.3 Å². The number of carbonyl (C=O) groups excluding carboxylic acids is 1. The summed E-state index contributed by atoms with van der Waals surface area (Å²) in [5.41, 5.74) is 2.89. The van der Waals surface area contributed by atoms with E-state index in [0.717, 1.165) is 23.5 Å². The van der Waals surface area contributed by atoms with Crippen molar-refractivity contribution in [3.63, 3.8) is 0 Å². The number of rotatable bonds is 8. The molecule has 3 aromatic rings. The summed E-state index contributed by atoms with van der Waals surface area (Å²) < 4.78 is 10.8. The average molecular weight is 361 g/mol. The lowest BCUT2D eigenvalue weighted by atomic mass is 9.99. The van der Waals surface area contributed by atoms with Crippen LogP contribution in [0.15, 0.2) is 78.9 Å². The van der Waals surface area contributed by atoms with Gasteiger partial charge in [-0.25, -0.2) is 0 Å². The smallest absolute Gasteiger partial charge is 0.251 e. The van der Waals surface area contributed by atoms with Crippen LogP contribution in [-0.2, 0) is 6.42 Å². The van der Waals surface area contributed by atoms with E-state index < -0.39 is 0 Å². The summed E-state index contributed by atoms with van der Waals surface area (Å²) in [6.45, 7) is 0.837. The molecule has 4 nitrogen and oxygen atoms in total. The second-order valence-corrected chi connectivity index (χ2v) is 6.10. The second-order valence-electron chi connectivity index (χ2n) is 6.10. The average Bonchev–Trinajstić information content (AvgIpc) is 2.72. The van der Waals surface area contributed by atoms with Gasteiger partial charge >= 0.3 is 0 Å². The van der Waals surface area contributed by atoms with Crippen molar-refractivity contribution in [3.8, 4) is 11.5 Å². The monoisotopic (exact) mass is 361 g/mol. The van der Waals surface area contributed by atoms with E-state index in [4.69, 9.17) is 9.47 Å². The lowest BCUT2D eigenvalue weighted by Gasteiger charge is -2.11. The maximum absolute atomic E-state index is 12.6. The van der Waals surface area contributed by atoms with Gasteiger partial charge in [-0.2, -0.15) is 0 Å². The largest absolute Gasteiger partial charge is 0.497 e. The summed E-state index contributed by atoms with van der Waals surface area (Å²) in [6, 6.07) is 25.2. The Morgan fingerprint density at radius 3 is 2.26 bits per heavy atom. The summed E-state index contributed by atoms with van der Waals surface area (Å²) in [7, 11) is 1.63. The van der Waals surface area contributed by atoms with Crippen LogP contribution in [0.2, 0.25) is 0 Å². The van der Waals surface area contributed by atoms with Gasteiger partial charge in [0.05, 0.1) is 13.7 Å². The molecule has 0 bridgehead atoms. The molecule has 0 heterocycles. The highest BCUT2D eigenvalue weighted by Gasteiger charge is 2.10. The fourth-order valence-corrected chi connectivity index (χ4v) is 2.81. The Hall–Kier alpha value is -3.27. The third kappa shape index (κ3) is 5.35. The van der Waals surface area contributed by atoms with Gasteiger partial charge in [0.1, 0.15) is 18.1 Å². The van der Waals surface area contributed by atoms with Crippen molar-refractivity contribution >= 4 is 5.91 Å². The van der Waals surface area contributed by atoms with E-state index >= 15 is 0 Å². The molecular weight excluding hydrogens is 338 g/mol. The molecule has 0 aliphatic heterocycles. The van der Waals surface area contributed by atoms with Crippen molar-refractivity contribution in [1.29, 1.82) is 0 Å². The Morgan fingerprint density at radius 2 is 1.52 bits per heavy atom. The first-order valence-corrected chi connectivity index (χ1v) is 8.93. The predicted octanol–water partition coefficient (Wildman–Crippen LogP) is 4.09. The molecule has 0 aliphatic carbocycles. The van der Waals surface area contributed by atoms with Crippen LogP contribution in [0.3, 0.4) is 0 Å². The van der Waals surface area contributed by atoms with Gasteiger partial charge < -0.3 is 14.8 Å². The Labute approximate surface area is 159 Å². The highest BCUT2D eigenvalue weighted by Crippen LogP contribution is 2.17. The molecule has 4 heteroatoms. The molecule has 0 unspecified atom stereocenters. The van der Waals surface area contributed by atoms with Gasteiger partial charge in [-0.3, -0.25) is 4.79 Å². The van der Waals surface area contributed by atoms with Crippen LogP contribution in [0, 0.1) is 0 Å². The van der Waals surface area contributed by atoms with E-state index in [1.807, 2.05) is 66.7 Å². The van der Waals surface area contributed by atoms with Crippen LogP contribution in [-0.4, -0.2) is 26.2 Å². The summed E-state index contributed by atoms with van der Waals surface area (Å²) in [5.74, 6) is 1.44. The molecule has 138 valence electrons. The van der Waals surface area contributed by atoms with Crippen LogP contribution in [0.25, 0.3) is 0 Å². The van der Waals surface area contributed by atoms with Gasteiger partial charge in [0.15, 0.2) is 0 Å². The molecule has 0 saturated heterocycles. The molecule has 0 radical (unpaired) electrons. The van der Waals surface area contributed by atoms with E-state index in [1.165, 1.54) is 5.56 Å². The van der Waals surface area contributed by atoms with E-state index in [2.05, 4.69) is 17.4 Å². The minimum absolute atomic E-state index is 0.0835. The Morgan fingerprint density at radius 1 is 0.852 bits per heavy atom. The fraction of sp³-hybridized carbons (Fsp3) is 0.174. The summed E-state index contributed by atoms with van der Waals surface area (Å²) in [6.07, 6.45) is 0.729. The molecule has 1 amide bonds. The first-order valence-electron chi connectivity index (χ1n) is 8.93. The first kappa shape index (κ1) is 18.5. The third-order valence-corrected chi connectivity index (χ3v) is 4.22. The van der Waals surface area contributed by atoms with Crippen LogP contribution in [0.4, 0.5) is 0 Å². The Balaban J connectivity index is 1.53. The Kier molecular flexibility index (Phi) is 6.47. The summed E-state index contributed by atoms with van der Waals surface area (Å²) >= 11 is 0. The van der Waals surface area contributed by atoms with E-state index in [9.17, 15) is 4.79 Å². The number of carbonyl (C=O) groups is 1. The lowest BCUT2D eigenvalue weighted by Crippen LogP contribution is -2.28. The van der Waals surface area contributed by atoms with Gasteiger partial charge in [0, 0.05) is 5.56 Å². The van der Waals surface area contributed by atoms with Gasteiger partial charge in [-0.1, -0.05) is 48.5 Å². The number of hydrogen-bond acceptors (Lipinski definition) is 3. The molecular formula is C23H23NO3. The van der Waals surface area contributed by atoms with Gasteiger partial charge in [-0.15, -0.1) is 0 Å². The van der Waals surface area contributed by atoms with Crippen LogP contribution in [0.5, 0.6) is 11.5 Å². The number of ether oxygens (including phenoxy) is 2. The highest BCUT2D eigenvalue weighted by molar-refractivity contribution is 5.95. The van der Waals surface area contributed by atoms with Gasteiger partial charge in [0.25, 0.3) is 5.91 Å². The van der Waals surface area contributed by atoms with Crippen molar-refractivity contribution in [1.82, 2.24) is 5.32 Å². The van der Waals surface area contributed by atoms with E-state index in [1.54, 1.807) is 7.11 Å². The van der Waals surface area contributed by atoms with E-state index in [-0.39, 0.29) is 5.91 Å². The lowest BCUT2D eigenvalue weighted by molar-refractivity contribution is 0.0946.